The molecule has 8 bridgehead atoms. The van der Waals surface area contributed by atoms with Gasteiger partial charge < -0.3 is 9.47 Å². The number of rotatable bonds is 5. The van der Waals surface area contributed by atoms with Crippen LogP contribution in [-0.4, -0.2) is 18.8 Å². The second-order valence-corrected chi connectivity index (χ2v) is 15.9. The van der Waals surface area contributed by atoms with Crippen molar-refractivity contribution in [2.75, 3.05) is 13.2 Å². The molecular formula is C33H46O2. The third-order valence-corrected chi connectivity index (χ3v) is 12.6. The van der Waals surface area contributed by atoms with Crippen molar-refractivity contribution >= 4 is 0 Å². The van der Waals surface area contributed by atoms with Gasteiger partial charge in [0.15, 0.2) is 0 Å². The molecule has 1 atom stereocenters. The Morgan fingerprint density at radius 1 is 0.743 bits per heavy atom. The Bertz CT molecular complexity index is 953. The van der Waals surface area contributed by atoms with Crippen LogP contribution in [-0.2, 0) is 15.6 Å². The summed E-state index contributed by atoms with van der Waals surface area (Å²) < 4.78 is 13.0. The lowest BCUT2D eigenvalue weighted by atomic mass is 9.47. The summed E-state index contributed by atoms with van der Waals surface area (Å²) in [6.07, 6.45) is 17.6. The predicted molar refractivity (Wildman–Crippen MR) is 140 cm³/mol. The van der Waals surface area contributed by atoms with Gasteiger partial charge >= 0.3 is 0 Å². The fraction of sp³-hybridized carbons (Fsp3) is 0.818. The predicted octanol–water partition coefficient (Wildman–Crippen LogP) is 7.82. The van der Waals surface area contributed by atoms with Crippen molar-refractivity contribution in [3.05, 3.63) is 29.3 Å². The molecule has 1 aromatic rings. The standard InChI is InChI=1S/C33H46O2/c1-30(2,3)33(20-35-33)19-34-29-12-27(31-13-21-6-22(14-31)8-23(7-21)15-31)4-5-28(29)32-16-24-9-25(17-32)11-26(10-24)18-32/h4-5,12,21-26H,6-11,13-20H2,1-3H3. The van der Waals surface area contributed by atoms with E-state index < -0.39 is 0 Å². The minimum Gasteiger partial charge on any atom is -0.490 e. The topological polar surface area (TPSA) is 21.8 Å². The summed E-state index contributed by atoms with van der Waals surface area (Å²) in [7, 11) is 0. The van der Waals surface area contributed by atoms with Crippen LogP contribution in [0.15, 0.2) is 18.2 Å². The second kappa shape index (κ2) is 7.09. The van der Waals surface area contributed by atoms with Gasteiger partial charge in [0, 0.05) is 5.56 Å². The zero-order valence-corrected chi connectivity index (χ0v) is 22.4. The Morgan fingerprint density at radius 3 is 1.63 bits per heavy atom. The van der Waals surface area contributed by atoms with Crippen molar-refractivity contribution in [1.29, 1.82) is 0 Å². The van der Waals surface area contributed by atoms with Gasteiger partial charge in [0.25, 0.3) is 0 Å². The molecule has 10 rings (SSSR count). The van der Waals surface area contributed by atoms with E-state index in [0.717, 1.165) is 42.1 Å². The van der Waals surface area contributed by atoms with E-state index in [1.165, 1.54) is 82.8 Å². The summed E-state index contributed by atoms with van der Waals surface area (Å²) in [5.74, 6) is 7.09. The van der Waals surface area contributed by atoms with Gasteiger partial charge in [-0.05, 0) is 140 Å². The molecule has 9 aliphatic rings. The van der Waals surface area contributed by atoms with Gasteiger partial charge in [-0.25, -0.2) is 0 Å². The third-order valence-electron chi connectivity index (χ3n) is 12.6. The Balaban J connectivity index is 1.18. The van der Waals surface area contributed by atoms with E-state index in [0.29, 0.717) is 17.4 Å². The number of ether oxygens (including phenoxy) is 2. The zero-order chi connectivity index (χ0) is 23.6. The highest BCUT2D eigenvalue weighted by molar-refractivity contribution is 5.47. The molecule has 1 saturated heterocycles. The fourth-order valence-corrected chi connectivity index (χ4v) is 11.3. The first kappa shape index (κ1) is 22.0. The van der Waals surface area contributed by atoms with Crippen molar-refractivity contribution in [3.63, 3.8) is 0 Å². The monoisotopic (exact) mass is 474 g/mol. The van der Waals surface area contributed by atoms with Crippen LogP contribution >= 0.6 is 0 Å². The number of hydrogen-bond donors (Lipinski definition) is 0. The van der Waals surface area contributed by atoms with Crippen LogP contribution in [0.5, 0.6) is 5.75 Å². The highest BCUT2D eigenvalue weighted by Crippen LogP contribution is 2.64. The lowest BCUT2D eigenvalue weighted by molar-refractivity contribution is -0.00853. The molecule has 8 saturated carbocycles. The van der Waals surface area contributed by atoms with Crippen LogP contribution in [0.3, 0.4) is 0 Å². The van der Waals surface area contributed by atoms with Crippen LogP contribution in [0.1, 0.15) is 109 Å². The van der Waals surface area contributed by atoms with Gasteiger partial charge in [0.2, 0.25) is 0 Å². The summed E-state index contributed by atoms with van der Waals surface area (Å²) in [5.41, 5.74) is 4.03. The lowest BCUT2D eigenvalue weighted by Gasteiger charge is -2.58. The minimum absolute atomic E-state index is 0.109. The molecular weight excluding hydrogens is 428 g/mol. The van der Waals surface area contributed by atoms with Gasteiger partial charge in [-0.2, -0.15) is 0 Å². The summed E-state index contributed by atoms with van der Waals surface area (Å²) in [6, 6.07) is 7.77. The Morgan fingerprint density at radius 2 is 1.20 bits per heavy atom. The van der Waals surface area contributed by atoms with Crippen molar-refractivity contribution in [3.8, 4) is 5.75 Å². The average Bonchev–Trinajstić information content (AvgIpc) is 3.57. The van der Waals surface area contributed by atoms with Crippen LogP contribution in [0.2, 0.25) is 0 Å². The summed E-state index contributed by atoms with van der Waals surface area (Å²) >= 11 is 0. The smallest absolute Gasteiger partial charge is 0.130 e. The van der Waals surface area contributed by atoms with Crippen LogP contribution in [0, 0.1) is 40.9 Å². The quantitative estimate of drug-likeness (QED) is 0.406. The third kappa shape index (κ3) is 3.30. The van der Waals surface area contributed by atoms with Crippen LogP contribution in [0.4, 0.5) is 0 Å². The van der Waals surface area contributed by atoms with E-state index in [1.54, 1.807) is 11.1 Å². The molecule has 35 heavy (non-hydrogen) atoms. The van der Waals surface area contributed by atoms with Gasteiger partial charge in [-0.3, -0.25) is 0 Å². The molecule has 0 radical (unpaired) electrons. The molecule has 0 spiro atoms. The highest BCUT2D eigenvalue weighted by atomic mass is 16.6. The highest BCUT2D eigenvalue weighted by Gasteiger charge is 2.57. The van der Waals surface area contributed by atoms with Gasteiger partial charge in [0.1, 0.15) is 18.0 Å². The van der Waals surface area contributed by atoms with E-state index in [2.05, 4.69) is 39.0 Å². The van der Waals surface area contributed by atoms with Crippen molar-refractivity contribution in [1.82, 2.24) is 0 Å². The summed E-state index contributed by atoms with van der Waals surface area (Å²) in [5, 5.41) is 0. The average molecular weight is 475 g/mol. The Labute approximate surface area is 212 Å². The second-order valence-electron chi connectivity index (χ2n) is 15.9. The number of epoxide rings is 1. The molecule has 1 heterocycles. The molecule has 0 amide bonds. The minimum atomic E-state index is -0.109. The molecule has 2 nitrogen and oxygen atoms in total. The zero-order valence-electron chi connectivity index (χ0n) is 22.4. The van der Waals surface area contributed by atoms with Gasteiger partial charge in [0.05, 0.1) is 6.61 Å². The van der Waals surface area contributed by atoms with Gasteiger partial charge in [-0.15, -0.1) is 0 Å². The molecule has 1 aliphatic heterocycles. The van der Waals surface area contributed by atoms with E-state index in [-0.39, 0.29) is 11.0 Å². The first-order chi connectivity index (χ1) is 16.7. The van der Waals surface area contributed by atoms with Crippen molar-refractivity contribution in [2.45, 2.75) is 114 Å². The largest absolute Gasteiger partial charge is 0.490 e. The number of benzene rings is 1. The maximum atomic E-state index is 6.96. The molecule has 1 aromatic carbocycles. The van der Waals surface area contributed by atoms with Crippen molar-refractivity contribution in [2.24, 2.45) is 40.9 Å². The van der Waals surface area contributed by atoms with E-state index in [1.807, 2.05) is 0 Å². The normalized spacial score (nSPS) is 49.0. The van der Waals surface area contributed by atoms with E-state index in [9.17, 15) is 0 Å². The first-order valence-electron chi connectivity index (χ1n) is 15.2. The first-order valence-corrected chi connectivity index (χ1v) is 15.2. The van der Waals surface area contributed by atoms with Crippen LogP contribution in [0.25, 0.3) is 0 Å². The molecule has 2 heteroatoms. The maximum absolute atomic E-state index is 6.96. The molecule has 8 aliphatic carbocycles. The SMILES string of the molecule is CC(C)(C)C1(COc2cc(C34CC5CC(CC(C5)C3)C4)ccc2C23CC4CC(CC(C4)C2)C3)CO1. The lowest BCUT2D eigenvalue weighted by Crippen LogP contribution is -2.49. The fourth-order valence-electron chi connectivity index (χ4n) is 11.3. The maximum Gasteiger partial charge on any atom is 0.130 e. The summed E-state index contributed by atoms with van der Waals surface area (Å²) in [4.78, 5) is 0. The molecule has 9 fully saturated rings. The van der Waals surface area contributed by atoms with E-state index >= 15 is 0 Å². The van der Waals surface area contributed by atoms with E-state index in [4.69, 9.17) is 9.47 Å². The van der Waals surface area contributed by atoms with Crippen LogP contribution < -0.4 is 4.74 Å². The molecule has 190 valence electrons. The molecule has 0 N–H and O–H groups in total. The van der Waals surface area contributed by atoms with Gasteiger partial charge in [-0.1, -0.05) is 32.9 Å². The molecule has 1 unspecified atom stereocenters. The molecule has 0 aromatic heterocycles. The number of hydrogen-bond acceptors (Lipinski definition) is 2. The Hall–Kier alpha value is -1.02. The van der Waals surface area contributed by atoms with Crippen molar-refractivity contribution < 1.29 is 9.47 Å². The summed E-state index contributed by atoms with van der Waals surface area (Å²) in [6.45, 7) is 8.50. The Kier molecular flexibility index (Phi) is 4.46.